The zero-order valence-electron chi connectivity index (χ0n) is 12.6. The SMILES string of the molecule is COC(=O)CC[C@@H](c1cccc(Cl)c1)C(I)c1ccc(Cl)cc1. The molecule has 0 saturated heterocycles. The van der Waals surface area contributed by atoms with Crippen LogP contribution in [0.3, 0.4) is 0 Å². The molecule has 2 rings (SSSR count). The Bertz CT molecular complexity index is 658. The second-order valence-electron chi connectivity index (χ2n) is 5.23. The van der Waals surface area contributed by atoms with Crippen molar-refractivity contribution in [1.29, 1.82) is 0 Å². The van der Waals surface area contributed by atoms with Crippen molar-refractivity contribution < 1.29 is 9.53 Å². The summed E-state index contributed by atoms with van der Waals surface area (Å²) in [4.78, 5) is 11.6. The van der Waals surface area contributed by atoms with Gasteiger partial charge in [0, 0.05) is 26.3 Å². The number of hydrogen-bond donors (Lipinski definition) is 0. The van der Waals surface area contributed by atoms with Gasteiger partial charge < -0.3 is 4.74 Å². The Labute approximate surface area is 160 Å². The summed E-state index contributed by atoms with van der Waals surface area (Å²) >= 11 is 14.5. The Morgan fingerprint density at radius 3 is 2.39 bits per heavy atom. The predicted octanol–water partition coefficient (Wildman–Crippen LogP) is 6.21. The fourth-order valence-electron chi connectivity index (χ4n) is 2.47. The van der Waals surface area contributed by atoms with Crippen molar-refractivity contribution in [2.45, 2.75) is 22.7 Å². The highest BCUT2D eigenvalue weighted by Crippen LogP contribution is 2.42. The first-order valence-electron chi connectivity index (χ1n) is 7.23. The number of carbonyl (C=O) groups is 1. The normalized spacial score (nSPS) is 13.4. The van der Waals surface area contributed by atoms with Crippen LogP contribution in [0.1, 0.15) is 33.8 Å². The zero-order valence-corrected chi connectivity index (χ0v) is 16.3. The van der Waals surface area contributed by atoms with Crippen LogP contribution in [0.5, 0.6) is 0 Å². The van der Waals surface area contributed by atoms with Crippen LogP contribution in [0.2, 0.25) is 10.0 Å². The van der Waals surface area contributed by atoms with Gasteiger partial charge in [0.05, 0.1) is 7.11 Å². The average Bonchev–Trinajstić information content (AvgIpc) is 2.55. The lowest BCUT2D eigenvalue weighted by Crippen LogP contribution is -2.10. The molecule has 0 aliphatic rings. The number of halogens is 3. The molecule has 2 atom stereocenters. The topological polar surface area (TPSA) is 26.3 Å². The maximum absolute atomic E-state index is 11.6. The summed E-state index contributed by atoms with van der Waals surface area (Å²) in [6.07, 6.45) is 1.07. The molecule has 0 aromatic heterocycles. The standard InChI is InChI=1S/C18H17Cl2IO2/c1-23-17(22)10-9-16(13-3-2-4-15(20)11-13)18(21)12-5-7-14(19)8-6-12/h2-8,11,16,18H,9-10H2,1H3/t16-,18?/m0/s1. The van der Waals surface area contributed by atoms with E-state index in [-0.39, 0.29) is 15.8 Å². The van der Waals surface area contributed by atoms with Gasteiger partial charge in [-0.25, -0.2) is 0 Å². The molecule has 0 aliphatic heterocycles. The van der Waals surface area contributed by atoms with E-state index in [4.69, 9.17) is 27.9 Å². The molecule has 0 bridgehead atoms. The maximum Gasteiger partial charge on any atom is 0.305 e. The van der Waals surface area contributed by atoms with Crippen LogP contribution in [0.25, 0.3) is 0 Å². The molecule has 0 fully saturated rings. The van der Waals surface area contributed by atoms with E-state index < -0.39 is 0 Å². The lowest BCUT2D eigenvalue weighted by Gasteiger charge is -2.23. The first-order chi connectivity index (χ1) is 11.0. The Hall–Kier alpha value is -0.780. The molecule has 0 saturated carbocycles. The number of benzene rings is 2. The van der Waals surface area contributed by atoms with Crippen molar-refractivity contribution in [2.75, 3.05) is 7.11 Å². The van der Waals surface area contributed by atoms with E-state index in [0.29, 0.717) is 22.9 Å². The third-order valence-electron chi connectivity index (χ3n) is 3.71. The van der Waals surface area contributed by atoms with E-state index in [2.05, 4.69) is 28.7 Å². The van der Waals surface area contributed by atoms with Crippen LogP contribution in [0.4, 0.5) is 0 Å². The van der Waals surface area contributed by atoms with Gasteiger partial charge in [-0.3, -0.25) is 4.79 Å². The molecule has 0 aliphatic carbocycles. The average molecular weight is 463 g/mol. The van der Waals surface area contributed by atoms with Crippen molar-refractivity contribution in [1.82, 2.24) is 0 Å². The van der Waals surface area contributed by atoms with Crippen molar-refractivity contribution in [3.05, 3.63) is 69.7 Å². The minimum Gasteiger partial charge on any atom is -0.469 e. The highest BCUT2D eigenvalue weighted by Gasteiger charge is 2.23. The number of rotatable bonds is 6. The van der Waals surface area contributed by atoms with Crippen LogP contribution < -0.4 is 0 Å². The fraction of sp³-hybridized carbons (Fsp3) is 0.278. The molecule has 2 aromatic rings. The smallest absolute Gasteiger partial charge is 0.305 e. The van der Waals surface area contributed by atoms with Crippen LogP contribution in [0, 0.1) is 0 Å². The number of ether oxygens (including phenoxy) is 1. The summed E-state index contributed by atoms with van der Waals surface area (Å²) in [7, 11) is 1.41. The number of esters is 1. The van der Waals surface area contributed by atoms with Gasteiger partial charge in [-0.15, -0.1) is 0 Å². The predicted molar refractivity (Wildman–Crippen MR) is 104 cm³/mol. The van der Waals surface area contributed by atoms with Gasteiger partial charge in [-0.05, 0) is 41.8 Å². The molecular weight excluding hydrogens is 446 g/mol. The van der Waals surface area contributed by atoms with Crippen LogP contribution in [-0.4, -0.2) is 13.1 Å². The first kappa shape index (κ1) is 18.6. The molecule has 0 radical (unpaired) electrons. The molecular formula is C18H17Cl2IO2. The van der Waals surface area contributed by atoms with E-state index >= 15 is 0 Å². The molecule has 0 spiro atoms. The quantitative estimate of drug-likeness (QED) is 0.290. The summed E-state index contributed by atoms with van der Waals surface area (Å²) in [5.74, 6) is -0.0358. The number of hydrogen-bond acceptors (Lipinski definition) is 2. The lowest BCUT2D eigenvalue weighted by molar-refractivity contribution is -0.140. The minimum absolute atomic E-state index is 0.162. The highest BCUT2D eigenvalue weighted by molar-refractivity contribution is 14.1. The van der Waals surface area contributed by atoms with Gasteiger partial charge in [0.15, 0.2) is 0 Å². The summed E-state index contributed by atoms with van der Waals surface area (Å²) in [5, 5.41) is 1.41. The van der Waals surface area contributed by atoms with Gasteiger partial charge in [0.2, 0.25) is 0 Å². The van der Waals surface area contributed by atoms with Crippen LogP contribution in [0.15, 0.2) is 48.5 Å². The van der Waals surface area contributed by atoms with Crippen molar-refractivity contribution >= 4 is 51.8 Å². The van der Waals surface area contributed by atoms with E-state index in [1.165, 1.54) is 12.7 Å². The van der Waals surface area contributed by atoms with Gasteiger partial charge in [-0.1, -0.05) is 70.1 Å². The van der Waals surface area contributed by atoms with E-state index in [1.54, 1.807) is 0 Å². The minimum atomic E-state index is -0.197. The second kappa shape index (κ2) is 8.90. The lowest BCUT2D eigenvalue weighted by atomic mass is 9.88. The third kappa shape index (κ3) is 5.37. The Morgan fingerprint density at radius 1 is 1.09 bits per heavy atom. The Morgan fingerprint density at radius 2 is 1.78 bits per heavy atom. The van der Waals surface area contributed by atoms with Crippen LogP contribution in [-0.2, 0) is 9.53 Å². The molecule has 0 amide bonds. The monoisotopic (exact) mass is 462 g/mol. The number of carbonyl (C=O) groups excluding carboxylic acids is 1. The number of methoxy groups -OCH3 is 1. The molecule has 122 valence electrons. The van der Waals surface area contributed by atoms with E-state index in [9.17, 15) is 4.79 Å². The van der Waals surface area contributed by atoms with Crippen molar-refractivity contribution in [3.63, 3.8) is 0 Å². The summed E-state index contributed by atoms with van der Waals surface area (Å²) in [5.41, 5.74) is 2.29. The van der Waals surface area contributed by atoms with Crippen molar-refractivity contribution in [3.8, 4) is 0 Å². The van der Waals surface area contributed by atoms with Gasteiger partial charge >= 0.3 is 5.97 Å². The fourth-order valence-corrected chi connectivity index (χ4v) is 3.99. The summed E-state index contributed by atoms with van der Waals surface area (Å²) in [6.45, 7) is 0. The Kier molecular flexibility index (Phi) is 7.18. The highest BCUT2D eigenvalue weighted by atomic mass is 127. The largest absolute Gasteiger partial charge is 0.469 e. The van der Waals surface area contributed by atoms with E-state index in [1.807, 2.05) is 42.5 Å². The van der Waals surface area contributed by atoms with Gasteiger partial charge in [-0.2, -0.15) is 0 Å². The summed E-state index contributed by atoms with van der Waals surface area (Å²) < 4.78 is 4.98. The van der Waals surface area contributed by atoms with Crippen LogP contribution >= 0.6 is 45.8 Å². The summed E-state index contributed by atoms with van der Waals surface area (Å²) in [6, 6.07) is 15.6. The molecule has 2 aromatic carbocycles. The number of alkyl halides is 1. The van der Waals surface area contributed by atoms with Gasteiger partial charge in [0.25, 0.3) is 0 Å². The van der Waals surface area contributed by atoms with E-state index in [0.717, 1.165) is 5.56 Å². The van der Waals surface area contributed by atoms with Gasteiger partial charge in [0.1, 0.15) is 0 Å². The molecule has 2 nitrogen and oxygen atoms in total. The molecule has 0 heterocycles. The molecule has 23 heavy (non-hydrogen) atoms. The third-order valence-corrected chi connectivity index (χ3v) is 5.78. The second-order valence-corrected chi connectivity index (χ2v) is 7.44. The molecule has 5 heteroatoms. The molecule has 1 unspecified atom stereocenters. The van der Waals surface area contributed by atoms with Crippen molar-refractivity contribution in [2.24, 2.45) is 0 Å². The first-order valence-corrected chi connectivity index (χ1v) is 9.23. The Balaban J connectivity index is 2.28. The maximum atomic E-state index is 11.6. The zero-order chi connectivity index (χ0) is 16.8. The molecule has 0 N–H and O–H groups in total.